The molecule has 0 spiro atoms. The summed E-state index contributed by atoms with van der Waals surface area (Å²) in [6.45, 7) is 5.79. The van der Waals surface area contributed by atoms with Gasteiger partial charge in [0.05, 0.1) is 17.7 Å². The second-order valence-electron chi connectivity index (χ2n) is 9.68. The standard InChI is InChI=1S/C31H38ClN3O5S/c1-5-19-33-31(37)27(6-2)34(20-18-24-10-8-7-9-11-24)30(36)22-35(28-21-25(32)14-17-29(28)40-4)41(38,39)26-15-12-23(3)13-16-26/h7-17,21,27H,5-6,18-20,22H2,1-4H3,(H,33,37)/t27-/m1/s1. The average molecular weight is 600 g/mol. The van der Waals surface area contributed by atoms with E-state index in [1.54, 1.807) is 24.3 Å². The quantitative estimate of drug-likeness (QED) is 0.274. The summed E-state index contributed by atoms with van der Waals surface area (Å²) in [5, 5.41) is 3.17. The molecule has 2 amide bonds. The van der Waals surface area contributed by atoms with E-state index >= 15 is 0 Å². The van der Waals surface area contributed by atoms with Gasteiger partial charge in [-0.25, -0.2) is 8.42 Å². The fourth-order valence-corrected chi connectivity index (χ4v) is 6.05. The normalized spacial score (nSPS) is 11.9. The van der Waals surface area contributed by atoms with Crippen molar-refractivity contribution in [2.45, 2.75) is 51.0 Å². The summed E-state index contributed by atoms with van der Waals surface area (Å²) in [6.07, 6.45) is 1.61. The van der Waals surface area contributed by atoms with E-state index in [4.69, 9.17) is 16.3 Å². The Balaban J connectivity index is 2.07. The number of anilines is 1. The highest BCUT2D eigenvalue weighted by Crippen LogP contribution is 2.35. The molecule has 0 heterocycles. The number of hydrogen-bond donors (Lipinski definition) is 1. The van der Waals surface area contributed by atoms with Crippen LogP contribution in [0.25, 0.3) is 0 Å². The first-order chi connectivity index (χ1) is 19.6. The minimum Gasteiger partial charge on any atom is -0.495 e. The number of rotatable bonds is 14. The fourth-order valence-electron chi connectivity index (χ4n) is 4.47. The maximum Gasteiger partial charge on any atom is 0.264 e. The molecular formula is C31H38ClN3O5S. The Bertz CT molecular complexity index is 1420. The van der Waals surface area contributed by atoms with Crippen LogP contribution < -0.4 is 14.4 Å². The third-order valence-electron chi connectivity index (χ3n) is 6.72. The molecule has 3 rings (SSSR count). The van der Waals surface area contributed by atoms with Crippen molar-refractivity contribution < 1.29 is 22.7 Å². The zero-order valence-corrected chi connectivity index (χ0v) is 25.5. The SMILES string of the molecule is CCCNC(=O)[C@@H](CC)N(CCc1ccccc1)C(=O)CN(c1cc(Cl)ccc1OC)S(=O)(=O)c1ccc(C)cc1. The molecule has 3 aromatic rings. The van der Waals surface area contributed by atoms with Gasteiger partial charge in [0, 0.05) is 18.1 Å². The van der Waals surface area contributed by atoms with Gasteiger partial charge >= 0.3 is 0 Å². The molecule has 0 saturated heterocycles. The van der Waals surface area contributed by atoms with E-state index < -0.39 is 28.5 Å². The lowest BCUT2D eigenvalue weighted by atomic mass is 10.1. The summed E-state index contributed by atoms with van der Waals surface area (Å²) in [4.78, 5) is 28.8. The minimum absolute atomic E-state index is 0.0153. The van der Waals surface area contributed by atoms with Crippen molar-refractivity contribution in [3.05, 3.63) is 88.9 Å². The van der Waals surface area contributed by atoms with Gasteiger partial charge in [-0.2, -0.15) is 0 Å². The second-order valence-corrected chi connectivity index (χ2v) is 12.0. The first kappa shape index (κ1) is 32.0. The van der Waals surface area contributed by atoms with Gasteiger partial charge < -0.3 is 15.0 Å². The third-order valence-corrected chi connectivity index (χ3v) is 8.73. The highest BCUT2D eigenvalue weighted by atomic mass is 35.5. The number of amides is 2. The first-order valence-electron chi connectivity index (χ1n) is 13.7. The smallest absolute Gasteiger partial charge is 0.264 e. The molecule has 8 nitrogen and oxygen atoms in total. The summed E-state index contributed by atoms with van der Waals surface area (Å²) in [6, 6.07) is 19.8. The number of methoxy groups -OCH3 is 1. The lowest BCUT2D eigenvalue weighted by Crippen LogP contribution is -2.53. The minimum atomic E-state index is -4.24. The van der Waals surface area contributed by atoms with Crippen molar-refractivity contribution in [3.63, 3.8) is 0 Å². The van der Waals surface area contributed by atoms with Crippen molar-refractivity contribution in [2.75, 3.05) is 31.0 Å². The van der Waals surface area contributed by atoms with E-state index in [2.05, 4.69) is 5.32 Å². The van der Waals surface area contributed by atoms with E-state index in [9.17, 15) is 18.0 Å². The fraction of sp³-hybridized carbons (Fsp3) is 0.355. The zero-order valence-electron chi connectivity index (χ0n) is 24.0. The van der Waals surface area contributed by atoms with Gasteiger partial charge in [-0.1, -0.05) is 73.5 Å². The number of sulfonamides is 1. The second kappa shape index (κ2) is 14.9. The summed E-state index contributed by atoms with van der Waals surface area (Å²) in [5.41, 5.74) is 2.01. The molecule has 1 N–H and O–H groups in total. The van der Waals surface area contributed by atoms with Crippen molar-refractivity contribution >= 4 is 39.1 Å². The summed E-state index contributed by atoms with van der Waals surface area (Å²) in [7, 11) is -2.82. The molecular weight excluding hydrogens is 562 g/mol. The number of nitrogens with zero attached hydrogens (tertiary/aromatic N) is 2. The highest BCUT2D eigenvalue weighted by molar-refractivity contribution is 7.92. The van der Waals surface area contributed by atoms with Crippen LogP contribution in [0.5, 0.6) is 5.75 Å². The largest absolute Gasteiger partial charge is 0.495 e. The van der Waals surface area contributed by atoms with Crippen molar-refractivity contribution in [3.8, 4) is 5.75 Å². The molecule has 0 aromatic heterocycles. The van der Waals surface area contributed by atoms with Gasteiger partial charge in [0.25, 0.3) is 10.0 Å². The Hall–Kier alpha value is -3.56. The van der Waals surface area contributed by atoms with Crippen molar-refractivity contribution in [1.82, 2.24) is 10.2 Å². The number of nitrogens with one attached hydrogen (secondary N) is 1. The van der Waals surface area contributed by atoms with Gasteiger partial charge in [-0.15, -0.1) is 0 Å². The van der Waals surface area contributed by atoms with Gasteiger partial charge in [0.15, 0.2) is 0 Å². The molecule has 1 atom stereocenters. The summed E-state index contributed by atoms with van der Waals surface area (Å²) < 4.78 is 34.6. The van der Waals surface area contributed by atoms with Crippen molar-refractivity contribution in [1.29, 1.82) is 0 Å². The number of carbonyl (C=O) groups excluding carboxylic acids is 2. The molecule has 10 heteroatoms. The molecule has 3 aromatic carbocycles. The van der Waals surface area contributed by atoms with Crippen LogP contribution in [-0.2, 0) is 26.0 Å². The lowest BCUT2D eigenvalue weighted by molar-refractivity contribution is -0.139. The van der Waals surface area contributed by atoms with Crippen LogP contribution in [0.4, 0.5) is 5.69 Å². The molecule has 0 radical (unpaired) electrons. The monoisotopic (exact) mass is 599 g/mol. The molecule has 0 fully saturated rings. The molecule has 0 bridgehead atoms. The number of benzene rings is 3. The van der Waals surface area contributed by atoms with E-state index in [1.165, 1.54) is 30.2 Å². The van der Waals surface area contributed by atoms with Crippen LogP contribution in [-0.4, -0.2) is 57.9 Å². The number of aryl methyl sites for hydroxylation is 1. The number of carbonyl (C=O) groups is 2. The third kappa shape index (κ3) is 8.24. The van der Waals surface area contributed by atoms with Crippen LogP contribution in [0.3, 0.4) is 0 Å². The molecule has 0 aliphatic carbocycles. The van der Waals surface area contributed by atoms with E-state index in [0.29, 0.717) is 19.4 Å². The molecule has 0 saturated carbocycles. The Morgan fingerprint density at radius 2 is 1.68 bits per heavy atom. The Kier molecular flexibility index (Phi) is 11.6. The maximum atomic E-state index is 14.1. The van der Waals surface area contributed by atoms with Crippen LogP contribution >= 0.6 is 11.6 Å². The Morgan fingerprint density at radius 1 is 1.00 bits per heavy atom. The average Bonchev–Trinajstić information content (AvgIpc) is 2.97. The number of halogens is 1. The molecule has 0 aliphatic rings. The van der Waals surface area contributed by atoms with E-state index in [-0.39, 0.29) is 33.8 Å². The van der Waals surface area contributed by atoms with Crippen LogP contribution in [0, 0.1) is 6.92 Å². The zero-order chi connectivity index (χ0) is 30.0. The summed E-state index contributed by atoms with van der Waals surface area (Å²) >= 11 is 6.29. The molecule has 220 valence electrons. The van der Waals surface area contributed by atoms with Crippen LogP contribution in [0.1, 0.15) is 37.8 Å². The highest BCUT2D eigenvalue weighted by Gasteiger charge is 2.34. The summed E-state index contributed by atoms with van der Waals surface area (Å²) in [5.74, 6) is -0.553. The lowest BCUT2D eigenvalue weighted by Gasteiger charge is -2.33. The van der Waals surface area contributed by atoms with Crippen LogP contribution in [0.2, 0.25) is 5.02 Å². The predicted octanol–water partition coefficient (Wildman–Crippen LogP) is 5.23. The van der Waals surface area contributed by atoms with E-state index in [1.807, 2.05) is 51.1 Å². The van der Waals surface area contributed by atoms with Gasteiger partial charge in [0.1, 0.15) is 18.3 Å². The molecule has 0 aliphatic heterocycles. The van der Waals surface area contributed by atoms with Gasteiger partial charge in [0.2, 0.25) is 11.8 Å². The number of hydrogen-bond acceptors (Lipinski definition) is 5. The molecule has 0 unspecified atom stereocenters. The Morgan fingerprint density at radius 3 is 2.29 bits per heavy atom. The Labute approximate surface area is 248 Å². The van der Waals surface area contributed by atoms with Gasteiger partial charge in [-0.3, -0.25) is 13.9 Å². The van der Waals surface area contributed by atoms with E-state index in [0.717, 1.165) is 21.9 Å². The topological polar surface area (TPSA) is 96.0 Å². The van der Waals surface area contributed by atoms with Crippen LogP contribution in [0.15, 0.2) is 77.7 Å². The first-order valence-corrected chi connectivity index (χ1v) is 15.5. The number of ether oxygens (including phenoxy) is 1. The maximum absolute atomic E-state index is 14.1. The van der Waals surface area contributed by atoms with Crippen molar-refractivity contribution in [2.24, 2.45) is 0 Å². The predicted molar refractivity (Wildman–Crippen MR) is 163 cm³/mol. The molecule has 41 heavy (non-hydrogen) atoms. The van der Waals surface area contributed by atoms with Gasteiger partial charge in [-0.05, 0) is 62.1 Å².